The summed E-state index contributed by atoms with van der Waals surface area (Å²) >= 11 is 0. The van der Waals surface area contributed by atoms with Crippen LogP contribution in [0.15, 0.2) is 53.1 Å². The standard InChI is InChI=1S/C23H23FN4O3/c1-16(29)17-5-7-20(8-6-17)27-11-13-28(14-12-27)22(30)10-9-21-25-23(26-31-21)18-3-2-4-19(24)15-18/h2-8,15H,9-14H2,1H3. The molecule has 8 heteroatoms. The first-order valence-electron chi connectivity index (χ1n) is 10.2. The number of benzene rings is 2. The molecule has 160 valence electrons. The molecule has 0 atom stereocenters. The molecule has 1 aromatic heterocycles. The molecule has 0 saturated carbocycles. The highest BCUT2D eigenvalue weighted by Crippen LogP contribution is 2.19. The lowest BCUT2D eigenvalue weighted by atomic mass is 10.1. The lowest BCUT2D eigenvalue weighted by molar-refractivity contribution is -0.131. The maximum atomic E-state index is 13.4. The van der Waals surface area contributed by atoms with Crippen molar-refractivity contribution in [1.82, 2.24) is 15.0 Å². The molecule has 0 aliphatic carbocycles. The summed E-state index contributed by atoms with van der Waals surface area (Å²) in [6, 6.07) is 13.5. The predicted molar refractivity (Wildman–Crippen MR) is 113 cm³/mol. The summed E-state index contributed by atoms with van der Waals surface area (Å²) < 4.78 is 18.6. The molecule has 4 rings (SSSR count). The molecule has 2 heterocycles. The van der Waals surface area contributed by atoms with Gasteiger partial charge in [0.2, 0.25) is 17.6 Å². The van der Waals surface area contributed by atoms with Crippen LogP contribution in [0.1, 0.15) is 29.6 Å². The van der Waals surface area contributed by atoms with Crippen molar-refractivity contribution < 1.29 is 18.5 Å². The number of hydrogen-bond donors (Lipinski definition) is 0. The quantitative estimate of drug-likeness (QED) is 0.567. The van der Waals surface area contributed by atoms with Crippen molar-refractivity contribution >= 4 is 17.4 Å². The van der Waals surface area contributed by atoms with Gasteiger partial charge >= 0.3 is 0 Å². The summed E-state index contributed by atoms with van der Waals surface area (Å²) in [6.07, 6.45) is 0.617. The van der Waals surface area contributed by atoms with Crippen molar-refractivity contribution in [2.45, 2.75) is 19.8 Å². The maximum absolute atomic E-state index is 13.4. The second-order valence-electron chi connectivity index (χ2n) is 7.49. The highest BCUT2D eigenvalue weighted by atomic mass is 19.1. The van der Waals surface area contributed by atoms with Crippen LogP contribution in [-0.4, -0.2) is 52.9 Å². The minimum absolute atomic E-state index is 0.0390. The van der Waals surface area contributed by atoms with Crippen LogP contribution in [0, 0.1) is 5.82 Å². The molecule has 3 aromatic rings. The van der Waals surface area contributed by atoms with Crippen LogP contribution in [0.3, 0.4) is 0 Å². The van der Waals surface area contributed by atoms with E-state index in [1.54, 1.807) is 19.1 Å². The Labute approximate surface area is 179 Å². The van der Waals surface area contributed by atoms with Gasteiger partial charge in [0.05, 0.1) is 0 Å². The molecular weight excluding hydrogens is 399 g/mol. The molecule has 1 fully saturated rings. The van der Waals surface area contributed by atoms with E-state index in [4.69, 9.17) is 4.52 Å². The summed E-state index contributed by atoms with van der Waals surface area (Å²) in [5, 5.41) is 3.87. The molecule has 1 aliphatic heterocycles. The van der Waals surface area contributed by atoms with E-state index in [-0.39, 0.29) is 23.9 Å². The van der Waals surface area contributed by atoms with E-state index in [1.807, 2.05) is 29.2 Å². The molecule has 0 bridgehead atoms. The fourth-order valence-corrected chi connectivity index (χ4v) is 3.59. The molecule has 0 spiro atoms. The van der Waals surface area contributed by atoms with Crippen molar-refractivity contribution in [2.75, 3.05) is 31.1 Å². The summed E-state index contributed by atoms with van der Waals surface area (Å²) in [7, 11) is 0. The van der Waals surface area contributed by atoms with Gasteiger partial charge in [0, 0.05) is 55.8 Å². The van der Waals surface area contributed by atoms with Gasteiger partial charge in [0.15, 0.2) is 5.78 Å². The predicted octanol–water partition coefficient (Wildman–Crippen LogP) is 3.36. The Hall–Kier alpha value is -3.55. The van der Waals surface area contributed by atoms with E-state index in [2.05, 4.69) is 15.0 Å². The number of hydrogen-bond acceptors (Lipinski definition) is 6. The van der Waals surface area contributed by atoms with Crippen molar-refractivity contribution in [3.05, 3.63) is 65.8 Å². The minimum Gasteiger partial charge on any atom is -0.368 e. The van der Waals surface area contributed by atoms with Gasteiger partial charge in [0.1, 0.15) is 5.82 Å². The average Bonchev–Trinajstić information content (AvgIpc) is 3.27. The number of Topliss-reactive ketones (excluding diaryl/α,β-unsaturated/α-hetero) is 1. The topological polar surface area (TPSA) is 79.5 Å². The van der Waals surface area contributed by atoms with Gasteiger partial charge in [-0.2, -0.15) is 4.98 Å². The molecule has 0 radical (unpaired) electrons. The first-order chi connectivity index (χ1) is 15.0. The lowest BCUT2D eigenvalue weighted by Crippen LogP contribution is -2.48. The van der Waals surface area contributed by atoms with E-state index >= 15 is 0 Å². The number of carbonyl (C=O) groups excluding carboxylic acids is 2. The molecule has 0 N–H and O–H groups in total. The van der Waals surface area contributed by atoms with Gasteiger partial charge in [-0.3, -0.25) is 9.59 Å². The van der Waals surface area contributed by atoms with E-state index in [1.165, 1.54) is 12.1 Å². The van der Waals surface area contributed by atoms with E-state index in [0.717, 1.165) is 18.8 Å². The normalized spacial score (nSPS) is 14.0. The zero-order valence-electron chi connectivity index (χ0n) is 17.3. The molecule has 7 nitrogen and oxygen atoms in total. The smallest absolute Gasteiger partial charge is 0.227 e. The van der Waals surface area contributed by atoms with Crippen LogP contribution in [-0.2, 0) is 11.2 Å². The summed E-state index contributed by atoms with van der Waals surface area (Å²) in [4.78, 5) is 32.3. The fourth-order valence-electron chi connectivity index (χ4n) is 3.59. The van der Waals surface area contributed by atoms with Crippen molar-refractivity contribution in [3.8, 4) is 11.4 Å². The zero-order valence-corrected chi connectivity index (χ0v) is 17.3. The lowest BCUT2D eigenvalue weighted by Gasteiger charge is -2.36. The van der Waals surface area contributed by atoms with Gasteiger partial charge in [-0.05, 0) is 43.3 Å². The molecule has 31 heavy (non-hydrogen) atoms. The van der Waals surface area contributed by atoms with Crippen molar-refractivity contribution in [3.63, 3.8) is 0 Å². The first kappa shape index (κ1) is 20.7. The van der Waals surface area contributed by atoms with Crippen LogP contribution in [0.5, 0.6) is 0 Å². The Morgan fingerprint density at radius 3 is 2.48 bits per heavy atom. The number of ketones is 1. The molecule has 2 aromatic carbocycles. The molecule has 0 unspecified atom stereocenters. The summed E-state index contributed by atoms with van der Waals surface area (Å²) in [5.74, 6) is 0.388. The monoisotopic (exact) mass is 422 g/mol. The van der Waals surface area contributed by atoms with E-state index < -0.39 is 0 Å². The number of carbonyl (C=O) groups is 2. The summed E-state index contributed by atoms with van der Waals surface area (Å²) in [5.41, 5.74) is 2.28. The third-order valence-corrected chi connectivity index (χ3v) is 5.37. The fraction of sp³-hybridized carbons (Fsp3) is 0.304. The van der Waals surface area contributed by atoms with Gasteiger partial charge in [-0.25, -0.2) is 4.39 Å². The first-order valence-corrected chi connectivity index (χ1v) is 10.2. The molecule has 1 amide bonds. The molecule has 1 aliphatic rings. The Balaban J connectivity index is 1.27. The third-order valence-electron chi connectivity index (χ3n) is 5.37. The molecular formula is C23H23FN4O3. The van der Waals surface area contributed by atoms with Crippen LogP contribution < -0.4 is 4.90 Å². The zero-order chi connectivity index (χ0) is 21.8. The van der Waals surface area contributed by atoms with Crippen LogP contribution >= 0.6 is 0 Å². The maximum Gasteiger partial charge on any atom is 0.227 e. The van der Waals surface area contributed by atoms with Gasteiger partial charge in [-0.1, -0.05) is 17.3 Å². The number of aromatic nitrogens is 2. The third kappa shape index (κ3) is 4.96. The van der Waals surface area contributed by atoms with E-state index in [0.29, 0.717) is 42.4 Å². The Kier molecular flexibility index (Phi) is 6.06. The largest absolute Gasteiger partial charge is 0.368 e. The second kappa shape index (κ2) is 9.07. The number of nitrogens with zero attached hydrogens (tertiary/aromatic N) is 4. The number of rotatable bonds is 6. The number of piperazine rings is 1. The Bertz CT molecular complexity index is 1070. The van der Waals surface area contributed by atoms with E-state index in [9.17, 15) is 14.0 Å². The minimum atomic E-state index is -0.368. The van der Waals surface area contributed by atoms with Crippen LogP contribution in [0.4, 0.5) is 10.1 Å². The number of anilines is 1. The van der Waals surface area contributed by atoms with Crippen molar-refractivity contribution in [2.24, 2.45) is 0 Å². The highest BCUT2D eigenvalue weighted by Gasteiger charge is 2.22. The average molecular weight is 422 g/mol. The number of halogens is 1. The number of amides is 1. The van der Waals surface area contributed by atoms with Crippen molar-refractivity contribution in [1.29, 1.82) is 0 Å². The SMILES string of the molecule is CC(=O)c1ccc(N2CCN(C(=O)CCc3nc(-c4cccc(F)c4)no3)CC2)cc1. The Morgan fingerprint density at radius 2 is 1.81 bits per heavy atom. The highest BCUT2D eigenvalue weighted by molar-refractivity contribution is 5.94. The van der Waals surface area contributed by atoms with Gasteiger partial charge < -0.3 is 14.3 Å². The van der Waals surface area contributed by atoms with Gasteiger partial charge in [-0.15, -0.1) is 0 Å². The summed E-state index contributed by atoms with van der Waals surface area (Å²) in [6.45, 7) is 4.28. The van der Waals surface area contributed by atoms with Crippen LogP contribution in [0.2, 0.25) is 0 Å². The molecule has 1 saturated heterocycles. The Morgan fingerprint density at radius 1 is 1.06 bits per heavy atom. The second-order valence-corrected chi connectivity index (χ2v) is 7.49. The number of aryl methyl sites for hydroxylation is 1. The van der Waals surface area contributed by atoms with Gasteiger partial charge in [0.25, 0.3) is 0 Å². The van der Waals surface area contributed by atoms with Crippen LogP contribution in [0.25, 0.3) is 11.4 Å².